The van der Waals surface area contributed by atoms with Crippen LogP contribution in [0.5, 0.6) is 11.5 Å². The quantitative estimate of drug-likeness (QED) is 0.160. The van der Waals surface area contributed by atoms with Gasteiger partial charge in [0.1, 0.15) is 11.5 Å². The zero-order valence-electron chi connectivity index (χ0n) is 22.9. The Labute approximate surface area is 247 Å². The average Bonchev–Trinajstić information content (AvgIpc) is 3.55. The predicted octanol–water partition coefficient (Wildman–Crippen LogP) is 4.64. The normalized spacial score (nSPS) is 14.8. The molecule has 0 radical (unpaired) electrons. The van der Waals surface area contributed by atoms with Crippen LogP contribution < -0.4 is 24.4 Å². The molecule has 1 aliphatic heterocycles. The van der Waals surface area contributed by atoms with E-state index in [1.807, 2.05) is 0 Å². The first-order chi connectivity index (χ1) is 20.2. The highest BCUT2D eigenvalue weighted by Gasteiger charge is 2.34. The molecule has 1 aliphatic rings. The fraction of sp³-hybridized carbons (Fsp3) is 0.207. The number of ether oxygens (including phenoxy) is 3. The molecular weight excluding hydrogens is 586 g/mol. The fourth-order valence-corrected chi connectivity index (χ4v) is 5.89. The number of furan rings is 1. The summed E-state index contributed by atoms with van der Waals surface area (Å²) in [4.78, 5) is 43.0. The molecule has 11 nitrogen and oxygen atoms in total. The van der Waals surface area contributed by atoms with E-state index in [-0.39, 0.29) is 38.7 Å². The van der Waals surface area contributed by atoms with E-state index in [2.05, 4.69) is 4.99 Å². The standard InChI is InChI=1S/C29H24ClN3O8S/c1-5-40-28(35)25-15(2)31-29-32(26(25)16-6-10-22(38-3)23(12-16)39-4)27(34)24(42-29)14-18-8-11-21(41-18)19-9-7-17(30)13-20(19)33(36)37/h6-14,26H,5H2,1-4H3/b24-14-/t26-/m1/s1. The Balaban J connectivity index is 1.65. The summed E-state index contributed by atoms with van der Waals surface area (Å²) in [5, 5.41) is 11.8. The molecular formula is C29H24ClN3O8S. The molecule has 0 N–H and O–H groups in total. The van der Waals surface area contributed by atoms with Crippen molar-refractivity contribution in [2.24, 2.45) is 4.99 Å². The van der Waals surface area contributed by atoms with E-state index >= 15 is 0 Å². The van der Waals surface area contributed by atoms with Crippen molar-refractivity contribution in [1.29, 1.82) is 0 Å². The predicted molar refractivity (Wildman–Crippen MR) is 156 cm³/mol. The first kappa shape index (κ1) is 28.8. The number of nitro groups is 1. The van der Waals surface area contributed by atoms with Gasteiger partial charge in [0.25, 0.3) is 11.2 Å². The minimum Gasteiger partial charge on any atom is -0.493 e. The summed E-state index contributed by atoms with van der Waals surface area (Å²) < 4.78 is 23.8. The highest BCUT2D eigenvalue weighted by Crippen LogP contribution is 2.36. The Morgan fingerprint density at radius 1 is 1.17 bits per heavy atom. The van der Waals surface area contributed by atoms with Gasteiger partial charge in [-0.1, -0.05) is 29.0 Å². The van der Waals surface area contributed by atoms with E-state index in [4.69, 9.17) is 30.2 Å². The lowest BCUT2D eigenvalue weighted by atomic mass is 9.95. The summed E-state index contributed by atoms with van der Waals surface area (Å²) in [5.41, 5.74) is 0.847. The van der Waals surface area contributed by atoms with E-state index in [1.165, 1.54) is 43.1 Å². The van der Waals surface area contributed by atoms with Crippen LogP contribution in [0.4, 0.5) is 5.69 Å². The number of aromatic nitrogens is 1. The third-order valence-corrected chi connectivity index (χ3v) is 7.78. The number of esters is 1. The number of hydrogen-bond acceptors (Lipinski definition) is 10. The second kappa shape index (κ2) is 11.7. The van der Waals surface area contributed by atoms with Crippen LogP contribution in [0.25, 0.3) is 17.4 Å². The van der Waals surface area contributed by atoms with Crippen molar-refractivity contribution in [3.05, 3.63) is 106 Å². The summed E-state index contributed by atoms with van der Waals surface area (Å²) in [6.07, 6.45) is 1.53. The number of allylic oxidation sites excluding steroid dienone is 1. The lowest BCUT2D eigenvalue weighted by molar-refractivity contribution is -0.384. The van der Waals surface area contributed by atoms with Crippen molar-refractivity contribution in [2.45, 2.75) is 19.9 Å². The highest BCUT2D eigenvalue weighted by atomic mass is 35.5. The van der Waals surface area contributed by atoms with Gasteiger partial charge in [-0.15, -0.1) is 0 Å². The zero-order valence-corrected chi connectivity index (χ0v) is 24.4. The molecule has 42 heavy (non-hydrogen) atoms. The number of halogens is 1. The van der Waals surface area contributed by atoms with E-state index in [0.29, 0.717) is 33.3 Å². The Morgan fingerprint density at radius 3 is 2.62 bits per heavy atom. The van der Waals surface area contributed by atoms with Gasteiger partial charge in [0, 0.05) is 17.2 Å². The van der Waals surface area contributed by atoms with Crippen LogP contribution in [0.3, 0.4) is 0 Å². The summed E-state index contributed by atoms with van der Waals surface area (Å²) in [7, 11) is 3.01. The number of rotatable bonds is 8. The third-order valence-electron chi connectivity index (χ3n) is 6.56. The number of carbonyl (C=O) groups is 1. The third kappa shape index (κ3) is 5.21. The minimum absolute atomic E-state index is 0.144. The number of fused-ring (bicyclic) bond motifs is 1. The second-order valence-electron chi connectivity index (χ2n) is 9.04. The molecule has 3 heterocycles. The smallest absolute Gasteiger partial charge is 0.338 e. The second-order valence-corrected chi connectivity index (χ2v) is 10.5. The molecule has 0 saturated heterocycles. The molecule has 4 aromatic rings. The van der Waals surface area contributed by atoms with Gasteiger partial charge >= 0.3 is 5.97 Å². The van der Waals surface area contributed by atoms with Crippen LogP contribution in [0.2, 0.25) is 5.02 Å². The molecule has 0 amide bonds. The maximum atomic E-state index is 13.9. The largest absolute Gasteiger partial charge is 0.493 e. The highest BCUT2D eigenvalue weighted by molar-refractivity contribution is 7.07. The van der Waals surface area contributed by atoms with Crippen molar-refractivity contribution < 1.29 is 28.3 Å². The SMILES string of the molecule is CCOC(=O)C1=C(C)N=c2s/c(=C\c3ccc(-c4ccc(Cl)cc4[N+](=O)[O-])o3)c(=O)n2[C@@H]1c1ccc(OC)c(OC)c1. The number of methoxy groups -OCH3 is 2. The Hall–Kier alpha value is -4.68. The first-order valence-electron chi connectivity index (χ1n) is 12.6. The summed E-state index contributed by atoms with van der Waals surface area (Å²) in [6.45, 7) is 3.53. The van der Waals surface area contributed by atoms with Gasteiger partial charge in [0.2, 0.25) is 0 Å². The Kier molecular flexibility index (Phi) is 8.01. The topological polar surface area (TPSA) is 135 Å². The van der Waals surface area contributed by atoms with Gasteiger partial charge < -0.3 is 18.6 Å². The van der Waals surface area contributed by atoms with Crippen LogP contribution in [-0.4, -0.2) is 36.3 Å². The van der Waals surface area contributed by atoms with Crippen LogP contribution in [0.1, 0.15) is 31.2 Å². The summed E-state index contributed by atoms with van der Waals surface area (Å²) in [6, 6.07) is 11.8. The first-order valence-corrected chi connectivity index (χ1v) is 13.8. The lowest BCUT2D eigenvalue weighted by Crippen LogP contribution is -2.39. The maximum Gasteiger partial charge on any atom is 0.338 e. The number of benzene rings is 2. The molecule has 2 aromatic heterocycles. The van der Waals surface area contributed by atoms with Crippen LogP contribution >= 0.6 is 22.9 Å². The van der Waals surface area contributed by atoms with Crippen LogP contribution in [0.15, 0.2) is 74.0 Å². The molecule has 0 fully saturated rings. The molecule has 0 saturated carbocycles. The molecule has 1 atom stereocenters. The summed E-state index contributed by atoms with van der Waals surface area (Å²) >= 11 is 7.06. The van der Waals surface area contributed by atoms with Crippen molar-refractivity contribution in [3.63, 3.8) is 0 Å². The number of carbonyl (C=O) groups excluding carboxylic acids is 1. The minimum atomic E-state index is -0.855. The molecule has 0 bridgehead atoms. The monoisotopic (exact) mass is 609 g/mol. The van der Waals surface area contributed by atoms with Crippen LogP contribution in [0, 0.1) is 10.1 Å². The molecule has 216 valence electrons. The summed E-state index contributed by atoms with van der Waals surface area (Å²) in [5.74, 6) is 0.855. The van der Waals surface area contributed by atoms with Gasteiger partial charge in [-0.05, 0) is 55.8 Å². The average molecular weight is 610 g/mol. The van der Waals surface area contributed by atoms with Crippen molar-refractivity contribution in [2.75, 3.05) is 20.8 Å². The van der Waals surface area contributed by atoms with Crippen molar-refractivity contribution in [3.8, 4) is 22.8 Å². The number of thiazole rings is 1. The molecule has 0 aliphatic carbocycles. The molecule has 13 heteroatoms. The van der Waals surface area contributed by atoms with E-state index in [1.54, 1.807) is 44.2 Å². The van der Waals surface area contributed by atoms with Crippen molar-refractivity contribution >= 4 is 40.7 Å². The zero-order chi connectivity index (χ0) is 30.1. The Morgan fingerprint density at radius 2 is 1.93 bits per heavy atom. The maximum absolute atomic E-state index is 13.9. The van der Waals surface area contributed by atoms with E-state index < -0.39 is 22.5 Å². The van der Waals surface area contributed by atoms with Gasteiger partial charge in [-0.3, -0.25) is 19.5 Å². The Bertz CT molecular complexity index is 1940. The van der Waals surface area contributed by atoms with Gasteiger partial charge in [0.15, 0.2) is 16.3 Å². The molecule has 0 spiro atoms. The van der Waals surface area contributed by atoms with Gasteiger partial charge in [-0.25, -0.2) is 9.79 Å². The van der Waals surface area contributed by atoms with Crippen LogP contribution in [-0.2, 0) is 9.53 Å². The molecule has 0 unspecified atom stereocenters. The molecule has 5 rings (SSSR count). The lowest BCUT2D eigenvalue weighted by Gasteiger charge is -2.25. The van der Waals surface area contributed by atoms with Gasteiger partial charge in [0.05, 0.1) is 53.2 Å². The van der Waals surface area contributed by atoms with E-state index in [0.717, 1.165) is 11.3 Å². The molecule has 2 aromatic carbocycles. The van der Waals surface area contributed by atoms with Gasteiger partial charge in [-0.2, -0.15) is 0 Å². The van der Waals surface area contributed by atoms with E-state index in [9.17, 15) is 19.7 Å². The number of nitrogens with zero attached hydrogens (tertiary/aromatic N) is 3. The van der Waals surface area contributed by atoms with Crippen molar-refractivity contribution in [1.82, 2.24) is 4.57 Å². The fourth-order valence-electron chi connectivity index (χ4n) is 4.70. The number of nitro benzene ring substituents is 1. The number of hydrogen-bond donors (Lipinski definition) is 0.